The van der Waals surface area contributed by atoms with Crippen LogP contribution < -0.4 is 20.3 Å². The van der Waals surface area contributed by atoms with E-state index >= 15 is 0 Å². The Labute approximate surface area is 219 Å². The van der Waals surface area contributed by atoms with Gasteiger partial charge in [0.2, 0.25) is 11.8 Å². The van der Waals surface area contributed by atoms with Gasteiger partial charge in [0.15, 0.2) is 6.61 Å². The molecule has 0 bridgehead atoms. The van der Waals surface area contributed by atoms with Gasteiger partial charge in [-0.05, 0) is 73.0 Å². The number of anilines is 2. The van der Waals surface area contributed by atoms with Gasteiger partial charge in [-0.1, -0.05) is 40.2 Å². The minimum atomic E-state index is -0.400. The molecule has 1 heterocycles. The molecule has 3 aromatic carbocycles. The van der Waals surface area contributed by atoms with E-state index in [1.54, 1.807) is 29.2 Å². The number of halogens is 1. The van der Waals surface area contributed by atoms with Gasteiger partial charge < -0.3 is 20.3 Å². The van der Waals surface area contributed by atoms with Crippen LogP contribution in [0, 0.1) is 19.8 Å². The number of carbonyl (C=O) groups is 3. The lowest BCUT2D eigenvalue weighted by Gasteiger charge is -2.17. The summed E-state index contributed by atoms with van der Waals surface area (Å²) < 4.78 is 6.55. The number of aryl methyl sites for hydroxylation is 2. The van der Waals surface area contributed by atoms with Crippen molar-refractivity contribution >= 4 is 45.0 Å². The molecule has 8 heteroatoms. The molecular weight excluding hydrogens is 522 g/mol. The number of nitrogens with zero attached hydrogens (tertiary/aromatic N) is 1. The molecule has 36 heavy (non-hydrogen) atoms. The highest BCUT2D eigenvalue weighted by atomic mass is 79.9. The molecule has 1 saturated heterocycles. The van der Waals surface area contributed by atoms with E-state index < -0.39 is 5.92 Å². The maximum absolute atomic E-state index is 12.7. The summed E-state index contributed by atoms with van der Waals surface area (Å²) in [7, 11) is 0. The minimum Gasteiger partial charge on any atom is -0.484 e. The normalized spacial score (nSPS) is 15.0. The van der Waals surface area contributed by atoms with Crippen LogP contribution in [0.15, 0.2) is 71.2 Å². The largest absolute Gasteiger partial charge is 0.484 e. The highest BCUT2D eigenvalue weighted by Crippen LogP contribution is 2.27. The average molecular weight is 550 g/mol. The van der Waals surface area contributed by atoms with E-state index in [0.29, 0.717) is 24.5 Å². The van der Waals surface area contributed by atoms with Crippen molar-refractivity contribution in [2.24, 2.45) is 5.92 Å². The Bertz CT molecular complexity index is 1280. The number of benzene rings is 3. The van der Waals surface area contributed by atoms with Gasteiger partial charge >= 0.3 is 0 Å². The standard InChI is InChI=1S/C28H28BrN3O4/c1-18-5-3-4-6-20(18)15-30-28(35)21-14-27(34)32(16-21)23-8-10-24(11-9-23)36-17-26(33)31-25-12-7-22(29)13-19(25)2/h3-13,21H,14-17H2,1-2H3,(H,30,35)(H,31,33)/t21-/m1/s1. The van der Waals surface area contributed by atoms with Gasteiger partial charge in [0.1, 0.15) is 5.75 Å². The number of amides is 3. The Hall–Kier alpha value is -3.65. The summed E-state index contributed by atoms with van der Waals surface area (Å²) in [4.78, 5) is 39.2. The zero-order chi connectivity index (χ0) is 25.7. The Morgan fingerprint density at radius 1 is 1.03 bits per heavy atom. The molecule has 7 nitrogen and oxygen atoms in total. The van der Waals surface area contributed by atoms with Crippen LogP contribution in [-0.4, -0.2) is 30.9 Å². The van der Waals surface area contributed by atoms with E-state index in [1.807, 2.05) is 56.3 Å². The predicted octanol–water partition coefficient (Wildman–Crippen LogP) is 4.75. The zero-order valence-corrected chi connectivity index (χ0v) is 21.8. The lowest BCUT2D eigenvalue weighted by molar-refractivity contribution is -0.126. The van der Waals surface area contributed by atoms with E-state index in [0.717, 1.165) is 26.9 Å². The number of ether oxygens (including phenoxy) is 1. The summed E-state index contributed by atoms with van der Waals surface area (Å²) in [5.41, 5.74) is 4.54. The summed E-state index contributed by atoms with van der Waals surface area (Å²) in [6, 6.07) is 20.5. The molecule has 2 N–H and O–H groups in total. The van der Waals surface area contributed by atoms with Crippen LogP contribution in [0.25, 0.3) is 0 Å². The third-order valence-corrected chi connectivity index (χ3v) is 6.68. The Kier molecular flexibility index (Phi) is 8.05. The third kappa shape index (κ3) is 6.31. The first kappa shape index (κ1) is 25.4. The third-order valence-electron chi connectivity index (χ3n) is 6.19. The lowest BCUT2D eigenvalue weighted by atomic mass is 10.1. The van der Waals surface area contributed by atoms with Crippen LogP contribution in [-0.2, 0) is 20.9 Å². The fourth-order valence-electron chi connectivity index (χ4n) is 4.09. The summed E-state index contributed by atoms with van der Waals surface area (Å²) in [5.74, 6) is -0.368. The minimum absolute atomic E-state index is 0.0936. The first-order chi connectivity index (χ1) is 17.3. The summed E-state index contributed by atoms with van der Waals surface area (Å²) in [6.07, 6.45) is 0.174. The van der Waals surface area contributed by atoms with E-state index in [9.17, 15) is 14.4 Å². The van der Waals surface area contributed by atoms with Crippen molar-refractivity contribution in [1.82, 2.24) is 5.32 Å². The molecule has 1 atom stereocenters. The predicted molar refractivity (Wildman–Crippen MR) is 143 cm³/mol. The molecule has 0 aliphatic carbocycles. The van der Waals surface area contributed by atoms with E-state index in [1.165, 1.54) is 0 Å². The molecule has 3 amide bonds. The van der Waals surface area contributed by atoms with Crippen LogP contribution in [0.4, 0.5) is 11.4 Å². The molecule has 4 rings (SSSR count). The van der Waals surface area contributed by atoms with Gasteiger partial charge in [0.25, 0.3) is 5.91 Å². The monoisotopic (exact) mass is 549 g/mol. The van der Waals surface area contributed by atoms with Crippen molar-refractivity contribution in [2.75, 3.05) is 23.4 Å². The molecule has 0 radical (unpaired) electrons. The Morgan fingerprint density at radius 2 is 1.78 bits per heavy atom. The molecule has 3 aromatic rings. The second kappa shape index (κ2) is 11.4. The van der Waals surface area contributed by atoms with Gasteiger partial charge in [-0.15, -0.1) is 0 Å². The van der Waals surface area contributed by atoms with Gasteiger partial charge in [-0.2, -0.15) is 0 Å². The van der Waals surface area contributed by atoms with Crippen LogP contribution in [0.1, 0.15) is 23.1 Å². The van der Waals surface area contributed by atoms with Gasteiger partial charge in [-0.3, -0.25) is 14.4 Å². The van der Waals surface area contributed by atoms with Crippen LogP contribution in [0.3, 0.4) is 0 Å². The molecule has 0 aromatic heterocycles. The second-order valence-electron chi connectivity index (χ2n) is 8.84. The summed E-state index contributed by atoms with van der Waals surface area (Å²) >= 11 is 3.40. The highest BCUT2D eigenvalue weighted by Gasteiger charge is 2.35. The van der Waals surface area contributed by atoms with Crippen molar-refractivity contribution < 1.29 is 19.1 Å². The number of hydrogen-bond acceptors (Lipinski definition) is 4. The highest BCUT2D eigenvalue weighted by molar-refractivity contribution is 9.10. The van der Waals surface area contributed by atoms with Crippen molar-refractivity contribution in [1.29, 1.82) is 0 Å². The zero-order valence-electron chi connectivity index (χ0n) is 20.2. The van der Waals surface area contributed by atoms with Gasteiger partial charge in [0, 0.05) is 35.4 Å². The van der Waals surface area contributed by atoms with Crippen LogP contribution in [0.2, 0.25) is 0 Å². The fourth-order valence-corrected chi connectivity index (χ4v) is 4.57. The number of hydrogen-bond donors (Lipinski definition) is 2. The topological polar surface area (TPSA) is 87.7 Å². The Morgan fingerprint density at radius 3 is 2.50 bits per heavy atom. The fraction of sp³-hybridized carbons (Fsp3) is 0.250. The van der Waals surface area contributed by atoms with Crippen molar-refractivity contribution in [3.63, 3.8) is 0 Å². The van der Waals surface area contributed by atoms with E-state index in [4.69, 9.17) is 4.74 Å². The molecule has 0 unspecified atom stereocenters. The molecule has 186 valence electrons. The van der Waals surface area contributed by atoms with Crippen molar-refractivity contribution in [3.05, 3.63) is 87.9 Å². The molecule has 1 fully saturated rings. The maximum Gasteiger partial charge on any atom is 0.262 e. The summed E-state index contributed by atoms with van der Waals surface area (Å²) in [5, 5.41) is 5.79. The number of nitrogens with one attached hydrogen (secondary N) is 2. The van der Waals surface area contributed by atoms with E-state index in [2.05, 4.69) is 26.6 Å². The van der Waals surface area contributed by atoms with Gasteiger partial charge in [-0.25, -0.2) is 0 Å². The maximum atomic E-state index is 12.7. The lowest BCUT2D eigenvalue weighted by Crippen LogP contribution is -2.32. The molecular formula is C28H28BrN3O4. The average Bonchev–Trinajstić information content (AvgIpc) is 3.26. The quantitative estimate of drug-likeness (QED) is 0.424. The first-order valence-corrected chi connectivity index (χ1v) is 12.5. The molecule has 0 saturated carbocycles. The Balaban J connectivity index is 1.28. The van der Waals surface area contributed by atoms with Crippen LogP contribution in [0.5, 0.6) is 5.75 Å². The number of carbonyl (C=O) groups excluding carboxylic acids is 3. The van der Waals surface area contributed by atoms with Gasteiger partial charge in [0.05, 0.1) is 5.92 Å². The van der Waals surface area contributed by atoms with Crippen LogP contribution >= 0.6 is 15.9 Å². The molecule has 1 aliphatic heterocycles. The number of rotatable bonds is 8. The molecule has 0 spiro atoms. The molecule has 1 aliphatic rings. The first-order valence-electron chi connectivity index (χ1n) is 11.7. The second-order valence-corrected chi connectivity index (χ2v) is 9.76. The summed E-state index contributed by atoms with van der Waals surface area (Å²) in [6.45, 7) is 4.55. The SMILES string of the molecule is Cc1ccccc1CNC(=O)[C@@H]1CC(=O)N(c2ccc(OCC(=O)Nc3ccc(Br)cc3C)cc2)C1. The smallest absolute Gasteiger partial charge is 0.262 e. The van der Waals surface area contributed by atoms with Crippen molar-refractivity contribution in [3.8, 4) is 5.75 Å². The van der Waals surface area contributed by atoms with E-state index in [-0.39, 0.29) is 30.7 Å². The van der Waals surface area contributed by atoms with Crippen molar-refractivity contribution in [2.45, 2.75) is 26.8 Å².